The molecule has 10 heavy (non-hydrogen) atoms. The molecule has 1 nitrogen and oxygen atoms in total. The second-order valence-electron chi connectivity index (χ2n) is 1.86. The standard InChI is InChI=1S/C6H10F3N/c7-6(8,9)4-2-1-3-5-10/h1,3H,2,4-5,10H2/b3-1+. The quantitative estimate of drug-likeness (QED) is 0.615. The summed E-state index contributed by atoms with van der Waals surface area (Å²) >= 11 is 0. The predicted molar refractivity (Wildman–Crippen MR) is 33.5 cm³/mol. The fraction of sp³-hybridized carbons (Fsp3) is 0.667. The zero-order valence-electron chi connectivity index (χ0n) is 5.49. The summed E-state index contributed by atoms with van der Waals surface area (Å²) in [5.41, 5.74) is 5.01. The van der Waals surface area contributed by atoms with Gasteiger partial charge in [-0.25, -0.2) is 0 Å². The fourth-order valence-electron chi connectivity index (χ4n) is 0.461. The van der Waals surface area contributed by atoms with Gasteiger partial charge in [0, 0.05) is 13.0 Å². The molecule has 0 rings (SSSR count). The van der Waals surface area contributed by atoms with Gasteiger partial charge in [0.05, 0.1) is 0 Å². The first kappa shape index (κ1) is 9.49. The van der Waals surface area contributed by atoms with Crippen molar-refractivity contribution < 1.29 is 13.2 Å². The number of rotatable bonds is 3. The average molecular weight is 153 g/mol. The van der Waals surface area contributed by atoms with Gasteiger partial charge in [-0.2, -0.15) is 13.2 Å². The molecule has 0 unspecified atom stereocenters. The molecule has 0 aliphatic heterocycles. The van der Waals surface area contributed by atoms with Crippen LogP contribution in [0.25, 0.3) is 0 Å². The van der Waals surface area contributed by atoms with Gasteiger partial charge in [0.15, 0.2) is 0 Å². The minimum atomic E-state index is -4.04. The lowest BCUT2D eigenvalue weighted by Gasteiger charge is -2.01. The summed E-state index contributed by atoms with van der Waals surface area (Å²) in [6.45, 7) is 0.303. The number of hydrogen-bond donors (Lipinski definition) is 1. The molecule has 0 spiro atoms. The third-order valence-corrected chi connectivity index (χ3v) is 0.897. The van der Waals surface area contributed by atoms with Gasteiger partial charge in [-0.15, -0.1) is 0 Å². The Hall–Kier alpha value is -0.510. The Labute approximate surface area is 57.7 Å². The van der Waals surface area contributed by atoms with Crippen molar-refractivity contribution in [3.05, 3.63) is 12.2 Å². The first-order valence-corrected chi connectivity index (χ1v) is 2.98. The van der Waals surface area contributed by atoms with Crippen molar-refractivity contribution in [3.63, 3.8) is 0 Å². The van der Waals surface area contributed by atoms with E-state index in [1.165, 1.54) is 12.2 Å². The Balaban J connectivity index is 3.28. The van der Waals surface area contributed by atoms with E-state index in [1.54, 1.807) is 0 Å². The molecule has 0 aliphatic carbocycles. The molecule has 60 valence electrons. The highest BCUT2D eigenvalue weighted by Crippen LogP contribution is 2.21. The molecular weight excluding hydrogens is 143 g/mol. The summed E-state index contributed by atoms with van der Waals surface area (Å²) in [5, 5.41) is 0. The molecule has 0 aromatic heterocycles. The molecule has 0 bridgehead atoms. The molecular formula is C6H10F3N. The van der Waals surface area contributed by atoms with Crippen LogP contribution in [0.4, 0.5) is 13.2 Å². The van der Waals surface area contributed by atoms with Gasteiger partial charge >= 0.3 is 6.18 Å². The van der Waals surface area contributed by atoms with Crippen LogP contribution in [0.15, 0.2) is 12.2 Å². The van der Waals surface area contributed by atoms with Crippen molar-refractivity contribution in [2.24, 2.45) is 5.73 Å². The monoisotopic (exact) mass is 153 g/mol. The number of nitrogens with two attached hydrogens (primary N) is 1. The molecule has 2 N–H and O–H groups in total. The van der Waals surface area contributed by atoms with Crippen LogP contribution >= 0.6 is 0 Å². The highest BCUT2D eigenvalue weighted by atomic mass is 19.4. The zero-order chi connectivity index (χ0) is 8.04. The SMILES string of the molecule is NC/C=C/CCC(F)(F)F. The number of halogens is 3. The molecule has 0 radical (unpaired) electrons. The number of alkyl halides is 3. The van der Waals surface area contributed by atoms with E-state index < -0.39 is 12.6 Å². The normalized spacial score (nSPS) is 12.8. The average Bonchev–Trinajstić information content (AvgIpc) is 1.78. The first-order valence-electron chi connectivity index (χ1n) is 2.98. The van der Waals surface area contributed by atoms with Crippen molar-refractivity contribution in [1.29, 1.82) is 0 Å². The van der Waals surface area contributed by atoms with E-state index in [9.17, 15) is 13.2 Å². The van der Waals surface area contributed by atoms with Crippen molar-refractivity contribution in [2.45, 2.75) is 19.0 Å². The second-order valence-corrected chi connectivity index (χ2v) is 1.86. The predicted octanol–water partition coefficient (Wildman–Crippen LogP) is 1.84. The molecule has 0 amide bonds. The van der Waals surface area contributed by atoms with E-state index in [0.29, 0.717) is 6.54 Å². The molecule has 0 saturated heterocycles. The van der Waals surface area contributed by atoms with Crippen LogP contribution in [0, 0.1) is 0 Å². The van der Waals surface area contributed by atoms with Gasteiger partial charge in [0.25, 0.3) is 0 Å². The number of allylic oxidation sites excluding steroid dienone is 1. The lowest BCUT2D eigenvalue weighted by molar-refractivity contribution is -0.133. The van der Waals surface area contributed by atoms with E-state index in [2.05, 4.69) is 0 Å². The van der Waals surface area contributed by atoms with Gasteiger partial charge in [0.1, 0.15) is 0 Å². The summed E-state index contributed by atoms with van der Waals surface area (Å²) in [6.07, 6.45) is -1.82. The van der Waals surface area contributed by atoms with Crippen molar-refractivity contribution in [2.75, 3.05) is 6.54 Å². The maximum absolute atomic E-state index is 11.4. The minimum Gasteiger partial charge on any atom is -0.327 e. The molecule has 0 fully saturated rings. The molecule has 4 heteroatoms. The van der Waals surface area contributed by atoms with Gasteiger partial charge in [-0.3, -0.25) is 0 Å². The fourth-order valence-corrected chi connectivity index (χ4v) is 0.461. The van der Waals surface area contributed by atoms with E-state index >= 15 is 0 Å². The summed E-state index contributed by atoms with van der Waals surface area (Å²) in [5.74, 6) is 0. The van der Waals surface area contributed by atoms with Crippen LogP contribution in [-0.2, 0) is 0 Å². The van der Waals surface area contributed by atoms with Gasteiger partial charge in [0.2, 0.25) is 0 Å². The summed E-state index contributed by atoms with van der Waals surface area (Å²) in [4.78, 5) is 0. The number of hydrogen-bond acceptors (Lipinski definition) is 1. The van der Waals surface area contributed by atoms with Gasteiger partial charge in [-0.05, 0) is 6.42 Å². The van der Waals surface area contributed by atoms with Gasteiger partial charge in [-0.1, -0.05) is 12.2 Å². The Kier molecular flexibility index (Phi) is 4.11. The molecule has 0 aromatic carbocycles. The zero-order valence-corrected chi connectivity index (χ0v) is 5.49. The Morgan fingerprint density at radius 2 is 1.80 bits per heavy atom. The Morgan fingerprint density at radius 3 is 2.20 bits per heavy atom. The second kappa shape index (κ2) is 4.33. The Morgan fingerprint density at radius 1 is 1.20 bits per heavy atom. The third-order valence-electron chi connectivity index (χ3n) is 0.897. The third kappa shape index (κ3) is 7.49. The van der Waals surface area contributed by atoms with E-state index in [1.807, 2.05) is 0 Å². The molecule has 0 aliphatic rings. The van der Waals surface area contributed by atoms with Gasteiger partial charge < -0.3 is 5.73 Å². The first-order chi connectivity index (χ1) is 4.56. The smallest absolute Gasteiger partial charge is 0.327 e. The minimum absolute atomic E-state index is 0.0285. The highest BCUT2D eigenvalue weighted by molar-refractivity contribution is 4.82. The van der Waals surface area contributed by atoms with E-state index in [4.69, 9.17) is 5.73 Å². The van der Waals surface area contributed by atoms with E-state index in [0.717, 1.165) is 0 Å². The molecule has 0 heterocycles. The highest BCUT2D eigenvalue weighted by Gasteiger charge is 2.25. The largest absolute Gasteiger partial charge is 0.389 e. The van der Waals surface area contributed by atoms with Crippen LogP contribution < -0.4 is 5.73 Å². The summed E-state index contributed by atoms with van der Waals surface area (Å²) < 4.78 is 34.3. The molecule has 0 saturated carbocycles. The van der Waals surface area contributed by atoms with Crippen molar-refractivity contribution >= 4 is 0 Å². The summed E-state index contributed by atoms with van der Waals surface area (Å²) in [6, 6.07) is 0. The van der Waals surface area contributed by atoms with Crippen LogP contribution in [0.2, 0.25) is 0 Å². The maximum Gasteiger partial charge on any atom is 0.389 e. The topological polar surface area (TPSA) is 26.0 Å². The molecule has 0 aromatic rings. The summed E-state index contributed by atoms with van der Waals surface area (Å²) in [7, 11) is 0. The van der Waals surface area contributed by atoms with Crippen LogP contribution in [0.5, 0.6) is 0 Å². The van der Waals surface area contributed by atoms with Crippen molar-refractivity contribution in [3.8, 4) is 0 Å². The van der Waals surface area contributed by atoms with Crippen LogP contribution in [-0.4, -0.2) is 12.7 Å². The van der Waals surface area contributed by atoms with Crippen molar-refractivity contribution in [1.82, 2.24) is 0 Å². The van der Waals surface area contributed by atoms with Crippen LogP contribution in [0.1, 0.15) is 12.8 Å². The Bertz CT molecular complexity index is 106. The maximum atomic E-state index is 11.4. The molecule has 0 atom stereocenters. The lowest BCUT2D eigenvalue weighted by atomic mass is 10.3. The van der Waals surface area contributed by atoms with Crippen LogP contribution in [0.3, 0.4) is 0 Å². The van der Waals surface area contributed by atoms with E-state index in [-0.39, 0.29) is 6.42 Å². The lowest BCUT2D eigenvalue weighted by Crippen LogP contribution is -2.05.